The molecule has 2 amide bonds. The van der Waals surface area contributed by atoms with Crippen LogP contribution in [-0.2, 0) is 32.7 Å². The molecule has 2 aromatic carbocycles. The average molecular weight is 427 g/mol. The van der Waals surface area contributed by atoms with E-state index >= 15 is 0 Å². The van der Waals surface area contributed by atoms with Gasteiger partial charge < -0.3 is 13.9 Å². The van der Waals surface area contributed by atoms with Crippen molar-refractivity contribution in [3.63, 3.8) is 0 Å². The Labute approximate surface area is 183 Å². The minimum atomic E-state index is -0.422. The van der Waals surface area contributed by atoms with Crippen LogP contribution in [0.25, 0.3) is 33.0 Å². The number of esters is 1. The zero-order chi connectivity index (χ0) is 22.4. The van der Waals surface area contributed by atoms with Gasteiger partial charge in [-0.15, -0.1) is 0 Å². The van der Waals surface area contributed by atoms with Crippen LogP contribution in [0.15, 0.2) is 60.9 Å². The second kappa shape index (κ2) is 7.53. The molecule has 0 saturated heterocycles. The van der Waals surface area contributed by atoms with E-state index in [1.54, 1.807) is 0 Å². The lowest BCUT2D eigenvalue weighted by molar-refractivity contribution is -0.140. The lowest BCUT2D eigenvalue weighted by Gasteiger charge is -2.03. The van der Waals surface area contributed by atoms with E-state index in [4.69, 9.17) is 4.74 Å². The van der Waals surface area contributed by atoms with Crippen LogP contribution in [0, 0.1) is 0 Å². The molecule has 0 radical (unpaired) electrons. The molecule has 3 heterocycles. The summed E-state index contributed by atoms with van der Waals surface area (Å²) in [5.41, 5.74) is 3.94. The number of imide groups is 1. The third-order valence-corrected chi connectivity index (χ3v) is 5.94. The quantitative estimate of drug-likeness (QED) is 0.392. The van der Waals surface area contributed by atoms with Crippen molar-refractivity contribution in [2.24, 2.45) is 7.05 Å². The van der Waals surface area contributed by atoms with Crippen LogP contribution in [0.2, 0.25) is 0 Å². The van der Waals surface area contributed by atoms with Gasteiger partial charge in [0.15, 0.2) is 0 Å². The normalized spacial score (nSPS) is 13.9. The van der Waals surface area contributed by atoms with Crippen molar-refractivity contribution in [1.29, 1.82) is 0 Å². The molecule has 0 unspecified atom stereocenters. The molecule has 1 aliphatic rings. The Morgan fingerprint density at radius 1 is 0.875 bits per heavy atom. The maximum Gasteiger partial charge on any atom is 0.307 e. The number of carbonyl (C=O) groups excluding carboxylic acids is 3. The van der Waals surface area contributed by atoms with Gasteiger partial charge in [-0.25, -0.2) is 0 Å². The van der Waals surface area contributed by atoms with E-state index < -0.39 is 11.8 Å². The Morgan fingerprint density at radius 3 is 2.09 bits per heavy atom. The van der Waals surface area contributed by atoms with Gasteiger partial charge in [0.1, 0.15) is 0 Å². The van der Waals surface area contributed by atoms with Gasteiger partial charge >= 0.3 is 5.97 Å². The highest BCUT2D eigenvalue weighted by atomic mass is 16.5. The molecule has 0 aliphatic carbocycles. The fourth-order valence-electron chi connectivity index (χ4n) is 4.45. The summed E-state index contributed by atoms with van der Waals surface area (Å²) >= 11 is 0. The second-order valence-electron chi connectivity index (χ2n) is 7.78. The van der Waals surface area contributed by atoms with Gasteiger partial charge in [-0.3, -0.25) is 19.7 Å². The molecule has 0 spiro atoms. The van der Waals surface area contributed by atoms with Crippen molar-refractivity contribution in [3.05, 3.63) is 72.1 Å². The number of methoxy groups -OCH3 is 1. The summed E-state index contributed by atoms with van der Waals surface area (Å²) < 4.78 is 8.64. The summed E-state index contributed by atoms with van der Waals surface area (Å²) in [6, 6.07) is 15.4. The summed E-state index contributed by atoms with van der Waals surface area (Å²) in [5, 5.41) is 4.22. The molecule has 32 heavy (non-hydrogen) atoms. The molecule has 1 N–H and O–H groups in total. The van der Waals surface area contributed by atoms with Gasteiger partial charge in [0.05, 0.1) is 24.7 Å². The highest BCUT2D eigenvalue weighted by Gasteiger charge is 2.35. The predicted octanol–water partition coefficient (Wildman–Crippen LogP) is 3.26. The van der Waals surface area contributed by atoms with Crippen LogP contribution in [0.3, 0.4) is 0 Å². The van der Waals surface area contributed by atoms with E-state index in [9.17, 15) is 14.4 Å². The first-order valence-corrected chi connectivity index (χ1v) is 10.3. The summed E-state index contributed by atoms with van der Waals surface area (Å²) in [4.78, 5) is 37.6. The van der Waals surface area contributed by atoms with E-state index in [1.807, 2.05) is 77.1 Å². The highest BCUT2D eigenvalue weighted by Crippen LogP contribution is 2.38. The Bertz CT molecular complexity index is 1450. The number of fused-ring (bicyclic) bond motifs is 2. The van der Waals surface area contributed by atoms with Crippen LogP contribution < -0.4 is 5.32 Å². The van der Waals surface area contributed by atoms with Crippen LogP contribution in [0.1, 0.15) is 17.5 Å². The van der Waals surface area contributed by atoms with Crippen LogP contribution in [0.4, 0.5) is 0 Å². The van der Waals surface area contributed by atoms with E-state index in [0.29, 0.717) is 28.8 Å². The number of ether oxygens (including phenoxy) is 1. The number of hydrogen-bond acceptors (Lipinski definition) is 4. The number of aryl methyl sites for hydroxylation is 2. The van der Waals surface area contributed by atoms with Gasteiger partial charge in [0, 0.05) is 58.9 Å². The van der Waals surface area contributed by atoms with Crippen LogP contribution in [0.5, 0.6) is 0 Å². The van der Waals surface area contributed by atoms with Crippen molar-refractivity contribution < 1.29 is 19.1 Å². The van der Waals surface area contributed by atoms with Gasteiger partial charge in [-0.05, 0) is 12.1 Å². The lowest BCUT2D eigenvalue weighted by atomic mass is 9.95. The second-order valence-corrected chi connectivity index (χ2v) is 7.78. The molecule has 0 bridgehead atoms. The lowest BCUT2D eigenvalue weighted by Crippen LogP contribution is -2.22. The van der Waals surface area contributed by atoms with Crippen molar-refractivity contribution in [3.8, 4) is 0 Å². The molecular weight excluding hydrogens is 406 g/mol. The molecule has 0 saturated carbocycles. The number of para-hydroxylation sites is 2. The van der Waals surface area contributed by atoms with Crippen LogP contribution in [-0.4, -0.2) is 34.0 Å². The zero-order valence-corrected chi connectivity index (χ0v) is 17.7. The number of benzene rings is 2. The number of amides is 2. The summed E-state index contributed by atoms with van der Waals surface area (Å²) in [7, 11) is 3.27. The third kappa shape index (κ3) is 3.01. The number of nitrogens with zero attached hydrogens (tertiary/aromatic N) is 2. The zero-order valence-electron chi connectivity index (χ0n) is 17.7. The monoisotopic (exact) mass is 427 g/mol. The standard InChI is InChI=1S/C25H21N3O4/c1-27-13-17(15-7-3-5-9-19(15)27)22-23(25(31)26-24(22)30)18-14-28(12-11-21(29)32-2)20-10-6-4-8-16(18)20/h3-10,13-14H,11-12H2,1-2H3,(H,26,30,31). The van der Waals surface area contributed by atoms with Gasteiger partial charge in [0.25, 0.3) is 11.8 Å². The fraction of sp³-hybridized carbons (Fsp3) is 0.160. The van der Waals surface area contributed by atoms with E-state index in [2.05, 4.69) is 5.32 Å². The van der Waals surface area contributed by atoms with E-state index in [-0.39, 0.29) is 12.4 Å². The maximum absolute atomic E-state index is 13.0. The minimum absolute atomic E-state index is 0.203. The number of rotatable bonds is 5. The first kappa shape index (κ1) is 19.8. The van der Waals surface area contributed by atoms with Crippen molar-refractivity contribution >= 4 is 50.7 Å². The number of hydrogen-bond donors (Lipinski definition) is 1. The molecule has 7 heteroatoms. The molecule has 1 aliphatic heterocycles. The molecule has 2 aromatic heterocycles. The first-order chi connectivity index (χ1) is 15.5. The van der Waals surface area contributed by atoms with Crippen LogP contribution >= 0.6 is 0 Å². The third-order valence-electron chi connectivity index (χ3n) is 5.94. The van der Waals surface area contributed by atoms with Gasteiger partial charge in [0.2, 0.25) is 0 Å². The Kier molecular flexibility index (Phi) is 4.66. The Balaban J connectivity index is 1.75. The van der Waals surface area contributed by atoms with Crippen molar-refractivity contribution in [2.45, 2.75) is 13.0 Å². The van der Waals surface area contributed by atoms with Gasteiger partial charge in [-0.2, -0.15) is 0 Å². The number of carbonyl (C=O) groups is 3. The number of aromatic nitrogens is 2. The average Bonchev–Trinajstić information content (AvgIpc) is 3.43. The first-order valence-electron chi connectivity index (χ1n) is 10.3. The largest absolute Gasteiger partial charge is 0.469 e. The molecular formula is C25H21N3O4. The molecule has 0 fully saturated rings. The fourth-order valence-corrected chi connectivity index (χ4v) is 4.45. The molecule has 7 nitrogen and oxygen atoms in total. The summed E-state index contributed by atoms with van der Waals surface area (Å²) in [6.07, 6.45) is 3.93. The summed E-state index contributed by atoms with van der Waals surface area (Å²) in [5.74, 6) is -1.14. The highest BCUT2D eigenvalue weighted by molar-refractivity contribution is 6.50. The number of nitrogens with one attached hydrogen (secondary N) is 1. The maximum atomic E-state index is 13.0. The molecule has 0 atom stereocenters. The predicted molar refractivity (Wildman–Crippen MR) is 121 cm³/mol. The van der Waals surface area contributed by atoms with Crippen molar-refractivity contribution in [1.82, 2.24) is 14.5 Å². The molecule has 160 valence electrons. The SMILES string of the molecule is COC(=O)CCn1cc(C2=C(c3cn(C)c4ccccc34)C(=O)NC2=O)c2ccccc21. The summed E-state index contributed by atoms with van der Waals surface area (Å²) in [6.45, 7) is 0.402. The molecule has 5 rings (SSSR count). The topological polar surface area (TPSA) is 82.3 Å². The van der Waals surface area contributed by atoms with E-state index in [0.717, 1.165) is 21.8 Å². The van der Waals surface area contributed by atoms with Crippen molar-refractivity contribution in [2.75, 3.05) is 7.11 Å². The Hall–Kier alpha value is -4.13. The minimum Gasteiger partial charge on any atom is -0.469 e. The van der Waals surface area contributed by atoms with E-state index in [1.165, 1.54) is 7.11 Å². The van der Waals surface area contributed by atoms with Gasteiger partial charge in [-0.1, -0.05) is 36.4 Å². The Morgan fingerprint density at radius 2 is 1.44 bits per heavy atom. The molecule has 4 aromatic rings. The smallest absolute Gasteiger partial charge is 0.307 e.